The van der Waals surface area contributed by atoms with Crippen LogP contribution < -0.4 is 10.2 Å². The molecule has 5 aromatic rings. The minimum absolute atomic E-state index is 0.132. The number of hydrogen-bond acceptors (Lipinski definition) is 6. The second-order valence-corrected chi connectivity index (χ2v) is 9.61. The first kappa shape index (κ1) is 25.9. The summed E-state index contributed by atoms with van der Waals surface area (Å²) in [6.07, 6.45) is 0. The highest BCUT2D eigenvalue weighted by Gasteiger charge is 2.17. The number of amides is 1. The zero-order chi connectivity index (χ0) is 27.0. The number of nitrogens with one attached hydrogen (secondary N) is 1. The number of nitrogens with zero attached hydrogens (tertiary/aromatic N) is 4. The smallest absolute Gasteiger partial charge is 0.250 e. The number of aromatic nitrogens is 3. The molecule has 0 fully saturated rings. The maximum Gasteiger partial charge on any atom is 0.250 e. The lowest BCUT2D eigenvalue weighted by molar-refractivity contribution is -0.118. The van der Waals surface area contributed by atoms with Crippen molar-refractivity contribution in [2.75, 3.05) is 12.9 Å². The van der Waals surface area contributed by atoms with Crippen molar-refractivity contribution in [3.8, 4) is 34.0 Å². The maximum atomic E-state index is 12.7. The number of rotatable bonds is 9. The van der Waals surface area contributed by atoms with Gasteiger partial charge in [-0.3, -0.25) is 9.36 Å². The van der Waals surface area contributed by atoms with Crippen LogP contribution in [0.5, 0.6) is 5.75 Å². The van der Waals surface area contributed by atoms with E-state index < -0.39 is 0 Å². The molecule has 0 spiro atoms. The summed E-state index contributed by atoms with van der Waals surface area (Å²) >= 11 is 1.30. The molecule has 8 heteroatoms. The molecular formula is C31H27N5O2S. The lowest BCUT2D eigenvalue weighted by Crippen LogP contribution is -2.21. The fraction of sp³-hybridized carbons (Fsp3) is 0.0968. The molecule has 0 unspecified atom stereocenters. The van der Waals surface area contributed by atoms with Crippen LogP contribution >= 0.6 is 11.8 Å². The van der Waals surface area contributed by atoms with Crippen molar-refractivity contribution < 1.29 is 9.53 Å². The maximum absolute atomic E-state index is 12.7. The summed E-state index contributed by atoms with van der Waals surface area (Å²) in [5.74, 6) is 1.35. The van der Waals surface area contributed by atoms with Gasteiger partial charge in [0.05, 0.1) is 18.6 Å². The van der Waals surface area contributed by atoms with E-state index in [-0.39, 0.29) is 11.7 Å². The van der Waals surface area contributed by atoms with E-state index in [2.05, 4.69) is 45.0 Å². The summed E-state index contributed by atoms with van der Waals surface area (Å²) in [4.78, 5) is 12.7. The Morgan fingerprint density at radius 3 is 2.08 bits per heavy atom. The van der Waals surface area contributed by atoms with Gasteiger partial charge in [0.25, 0.3) is 5.91 Å². The normalized spacial score (nSPS) is 11.3. The quantitative estimate of drug-likeness (QED) is 0.138. The van der Waals surface area contributed by atoms with Crippen LogP contribution in [0.3, 0.4) is 0 Å². The molecule has 1 N–H and O–H groups in total. The Labute approximate surface area is 231 Å². The molecule has 0 saturated heterocycles. The van der Waals surface area contributed by atoms with Gasteiger partial charge in [-0.05, 0) is 47.9 Å². The Kier molecular flexibility index (Phi) is 8.14. The summed E-state index contributed by atoms with van der Waals surface area (Å²) in [6.45, 7) is 1.87. The number of carbonyl (C=O) groups excluding carboxylic acids is 1. The van der Waals surface area contributed by atoms with E-state index in [1.165, 1.54) is 11.8 Å². The molecule has 0 saturated carbocycles. The van der Waals surface area contributed by atoms with Gasteiger partial charge in [-0.15, -0.1) is 10.2 Å². The Morgan fingerprint density at radius 1 is 0.821 bits per heavy atom. The average molecular weight is 534 g/mol. The molecule has 7 nitrogen and oxygen atoms in total. The van der Waals surface area contributed by atoms with Gasteiger partial charge in [-0.25, -0.2) is 5.43 Å². The first-order chi connectivity index (χ1) is 19.1. The Morgan fingerprint density at radius 2 is 1.44 bits per heavy atom. The molecule has 39 heavy (non-hydrogen) atoms. The highest BCUT2D eigenvalue weighted by Crippen LogP contribution is 2.29. The molecular weight excluding hydrogens is 506 g/mol. The van der Waals surface area contributed by atoms with Crippen molar-refractivity contribution in [2.24, 2.45) is 5.10 Å². The zero-order valence-corrected chi connectivity index (χ0v) is 22.4. The van der Waals surface area contributed by atoms with Crippen LogP contribution in [0.1, 0.15) is 12.5 Å². The third-order valence-corrected chi connectivity index (χ3v) is 7.02. The predicted molar refractivity (Wildman–Crippen MR) is 156 cm³/mol. The van der Waals surface area contributed by atoms with E-state index in [1.807, 2.05) is 96.4 Å². The summed E-state index contributed by atoms with van der Waals surface area (Å²) in [7, 11) is 1.63. The van der Waals surface area contributed by atoms with Crippen molar-refractivity contribution in [2.45, 2.75) is 12.1 Å². The standard InChI is InChI=1S/C31H27N5O2S/c1-22(23-13-15-25(16-14-23)24-9-5-3-6-10-24)32-33-29(37)21-39-31-35-34-30(26-11-7-4-8-12-26)36(31)27-17-19-28(38-2)20-18-27/h3-20H,21H2,1-2H3,(H,33,37)/b32-22-. The summed E-state index contributed by atoms with van der Waals surface area (Å²) in [6, 6.07) is 35.8. The topological polar surface area (TPSA) is 81.4 Å². The van der Waals surface area contributed by atoms with Crippen LogP contribution in [-0.2, 0) is 4.79 Å². The van der Waals surface area contributed by atoms with E-state index >= 15 is 0 Å². The number of benzene rings is 4. The average Bonchev–Trinajstić information content (AvgIpc) is 3.44. The number of hydrogen-bond donors (Lipinski definition) is 1. The van der Waals surface area contributed by atoms with Gasteiger partial charge in [0, 0.05) is 11.3 Å². The van der Waals surface area contributed by atoms with Gasteiger partial charge in [-0.2, -0.15) is 5.10 Å². The molecule has 0 bridgehead atoms. The lowest BCUT2D eigenvalue weighted by atomic mass is 10.0. The monoisotopic (exact) mass is 533 g/mol. The minimum Gasteiger partial charge on any atom is -0.497 e. The number of thioether (sulfide) groups is 1. The van der Waals surface area contributed by atoms with Crippen molar-refractivity contribution in [3.05, 3.63) is 115 Å². The molecule has 4 aromatic carbocycles. The summed E-state index contributed by atoms with van der Waals surface area (Å²) in [5.41, 5.74) is 8.41. The molecule has 0 aliphatic carbocycles. The Hall–Kier alpha value is -4.69. The van der Waals surface area contributed by atoms with Gasteiger partial charge < -0.3 is 4.74 Å². The van der Waals surface area contributed by atoms with Crippen molar-refractivity contribution in [3.63, 3.8) is 0 Å². The van der Waals surface area contributed by atoms with Crippen LogP contribution in [0.15, 0.2) is 119 Å². The number of carbonyl (C=O) groups is 1. The van der Waals surface area contributed by atoms with Gasteiger partial charge >= 0.3 is 0 Å². The molecule has 5 rings (SSSR count). The number of hydrazone groups is 1. The van der Waals surface area contributed by atoms with E-state index in [9.17, 15) is 4.79 Å². The fourth-order valence-corrected chi connectivity index (χ4v) is 4.75. The van der Waals surface area contributed by atoms with Crippen LogP contribution in [0.2, 0.25) is 0 Å². The van der Waals surface area contributed by atoms with Crippen molar-refractivity contribution in [1.29, 1.82) is 0 Å². The largest absolute Gasteiger partial charge is 0.497 e. The molecule has 1 aromatic heterocycles. The third-order valence-electron chi connectivity index (χ3n) is 6.09. The Balaban J connectivity index is 1.28. The molecule has 0 aliphatic heterocycles. The molecule has 1 amide bonds. The highest BCUT2D eigenvalue weighted by molar-refractivity contribution is 7.99. The SMILES string of the molecule is COc1ccc(-n2c(SCC(=O)N/N=C(/C)c3ccc(-c4ccccc4)cc3)nnc2-c2ccccc2)cc1. The van der Waals surface area contributed by atoms with Gasteiger partial charge in [0.2, 0.25) is 0 Å². The second-order valence-electron chi connectivity index (χ2n) is 8.67. The zero-order valence-electron chi connectivity index (χ0n) is 21.6. The summed E-state index contributed by atoms with van der Waals surface area (Å²) in [5, 5.41) is 13.7. The second kappa shape index (κ2) is 12.2. The molecule has 0 aliphatic rings. The summed E-state index contributed by atoms with van der Waals surface area (Å²) < 4.78 is 7.24. The molecule has 0 radical (unpaired) electrons. The van der Waals surface area contributed by atoms with E-state index in [4.69, 9.17) is 4.74 Å². The van der Waals surface area contributed by atoms with Crippen LogP contribution in [0.25, 0.3) is 28.2 Å². The minimum atomic E-state index is -0.231. The van der Waals surface area contributed by atoms with Gasteiger partial charge in [0.15, 0.2) is 11.0 Å². The van der Waals surface area contributed by atoms with Crippen molar-refractivity contribution >= 4 is 23.4 Å². The first-order valence-corrected chi connectivity index (χ1v) is 13.4. The number of methoxy groups -OCH3 is 1. The van der Waals surface area contributed by atoms with Crippen molar-refractivity contribution in [1.82, 2.24) is 20.2 Å². The lowest BCUT2D eigenvalue weighted by Gasteiger charge is -2.11. The van der Waals surface area contributed by atoms with Gasteiger partial charge in [-0.1, -0.05) is 96.7 Å². The first-order valence-electron chi connectivity index (χ1n) is 12.4. The van der Waals surface area contributed by atoms with E-state index in [1.54, 1.807) is 7.11 Å². The van der Waals surface area contributed by atoms with Crippen LogP contribution in [-0.4, -0.2) is 39.2 Å². The Bertz CT molecular complexity index is 1570. The third kappa shape index (κ3) is 6.25. The van der Waals surface area contributed by atoms with E-state index in [0.717, 1.165) is 39.4 Å². The molecule has 1 heterocycles. The highest BCUT2D eigenvalue weighted by atomic mass is 32.2. The molecule has 0 atom stereocenters. The van der Waals surface area contributed by atoms with Crippen LogP contribution in [0.4, 0.5) is 0 Å². The molecule has 194 valence electrons. The van der Waals surface area contributed by atoms with Gasteiger partial charge in [0.1, 0.15) is 5.75 Å². The fourth-order valence-electron chi connectivity index (χ4n) is 4.01. The van der Waals surface area contributed by atoms with Crippen LogP contribution in [0, 0.1) is 0 Å². The predicted octanol–water partition coefficient (Wildman–Crippen LogP) is 6.24. The van der Waals surface area contributed by atoms with E-state index in [0.29, 0.717) is 11.0 Å². The number of ether oxygens (including phenoxy) is 1.